The molecule has 1 amide bonds. The molecule has 4 nitrogen and oxygen atoms in total. The van der Waals surface area contributed by atoms with Crippen LogP contribution in [0.5, 0.6) is 0 Å². The molecule has 6 heteroatoms. The number of hydrogen-bond donors (Lipinski definition) is 0. The van der Waals surface area contributed by atoms with Gasteiger partial charge in [0.05, 0.1) is 10.8 Å². The maximum absolute atomic E-state index is 12.6. The second-order valence-corrected chi connectivity index (χ2v) is 9.07. The van der Waals surface area contributed by atoms with Crippen molar-refractivity contribution in [1.82, 2.24) is 4.90 Å². The number of rotatable bonds is 2. The van der Waals surface area contributed by atoms with E-state index in [1.165, 1.54) is 0 Å². The van der Waals surface area contributed by atoms with Crippen LogP contribution in [0.1, 0.15) is 33.6 Å². The molecule has 1 aliphatic rings. The summed E-state index contributed by atoms with van der Waals surface area (Å²) in [6.45, 7) is 6.78. The summed E-state index contributed by atoms with van der Waals surface area (Å²) < 4.78 is 18.9. The van der Waals surface area contributed by atoms with Gasteiger partial charge in [-0.15, -0.1) is 0 Å². The number of amides is 1. The summed E-state index contributed by atoms with van der Waals surface area (Å²) >= 11 is 3.38. The number of nitrogens with zero attached hydrogens (tertiary/aromatic N) is 1. The molecule has 1 aromatic carbocycles. The molecule has 1 aromatic rings. The molecular formula is C16H22BrNO3S. The Kier molecular flexibility index (Phi) is 5.66. The van der Waals surface area contributed by atoms with E-state index in [-0.39, 0.29) is 11.3 Å². The lowest BCUT2D eigenvalue weighted by molar-refractivity contribution is 0.0218. The van der Waals surface area contributed by atoms with Gasteiger partial charge >= 0.3 is 6.09 Å². The van der Waals surface area contributed by atoms with E-state index in [0.717, 1.165) is 22.2 Å². The van der Waals surface area contributed by atoms with Crippen LogP contribution < -0.4 is 0 Å². The molecule has 122 valence electrons. The van der Waals surface area contributed by atoms with Gasteiger partial charge in [-0.1, -0.05) is 15.9 Å². The minimum Gasteiger partial charge on any atom is -0.444 e. The van der Waals surface area contributed by atoms with Gasteiger partial charge in [0.15, 0.2) is 0 Å². The number of ether oxygens (including phenoxy) is 1. The summed E-state index contributed by atoms with van der Waals surface area (Å²) in [5.74, 6) is 0. The smallest absolute Gasteiger partial charge is 0.410 e. The predicted molar refractivity (Wildman–Crippen MR) is 91.4 cm³/mol. The van der Waals surface area contributed by atoms with E-state index in [0.29, 0.717) is 13.1 Å². The van der Waals surface area contributed by atoms with Crippen molar-refractivity contribution in [3.63, 3.8) is 0 Å². The molecule has 0 saturated carbocycles. The Morgan fingerprint density at radius 3 is 2.27 bits per heavy atom. The molecule has 1 heterocycles. The Hall–Kier alpha value is -0.880. The fourth-order valence-electron chi connectivity index (χ4n) is 2.34. The molecule has 0 N–H and O–H groups in total. The highest BCUT2D eigenvalue weighted by molar-refractivity contribution is 9.10. The topological polar surface area (TPSA) is 46.6 Å². The zero-order valence-electron chi connectivity index (χ0n) is 13.2. The lowest BCUT2D eigenvalue weighted by atomic mass is 10.1. The van der Waals surface area contributed by atoms with Crippen molar-refractivity contribution in [2.24, 2.45) is 0 Å². The molecule has 1 atom stereocenters. The molecular weight excluding hydrogens is 366 g/mol. The first-order valence-corrected chi connectivity index (χ1v) is 9.41. The first-order valence-electron chi connectivity index (χ1n) is 7.40. The van der Waals surface area contributed by atoms with Gasteiger partial charge in [-0.3, -0.25) is 4.21 Å². The second-order valence-electron chi connectivity index (χ2n) is 6.42. The van der Waals surface area contributed by atoms with Crippen molar-refractivity contribution < 1.29 is 13.7 Å². The van der Waals surface area contributed by atoms with E-state index >= 15 is 0 Å². The highest BCUT2D eigenvalue weighted by atomic mass is 79.9. The summed E-state index contributed by atoms with van der Waals surface area (Å²) in [7, 11) is -1.02. The molecule has 0 unspecified atom stereocenters. The van der Waals surface area contributed by atoms with Crippen molar-refractivity contribution in [2.75, 3.05) is 13.1 Å². The molecule has 2 rings (SSSR count). The van der Waals surface area contributed by atoms with E-state index < -0.39 is 16.4 Å². The molecule has 0 radical (unpaired) electrons. The van der Waals surface area contributed by atoms with Gasteiger partial charge in [0, 0.05) is 27.7 Å². The minimum absolute atomic E-state index is 0.0971. The molecule has 1 fully saturated rings. The Morgan fingerprint density at radius 2 is 1.77 bits per heavy atom. The molecule has 1 saturated heterocycles. The van der Waals surface area contributed by atoms with Crippen molar-refractivity contribution in [3.05, 3.63) is 28.7 Å². The lowest BCUT2D eigenvalue weighted by Crippen LogP contribution is -2.43. The van der Waals surface area contributed by atoms with Crippen molar-refractivity contribution in [3.8, 4) is 0 Å². The van der Waals surface area contributed by atoms with E-state index in [1.807, 2.05) is 45.0 Å². The van der Waals surface area contributed by atoms with Gasteiger partial charge in [0.1, 0.15) is 5.60 Å². The van der Waals surface area contributed by atoms with Crippen LogP contribution in [-0.4, -0.2) is 39.1 Å². The van der Waals surface area contributed by atoms with Crippen LogP contribution >= 0.6 is 15.9 Å². The van der Waals surface area contributed by atoms with Crippen LogP contribution in [-0.2, 0) is 15.5 Å². The molecule has 0 aromatic heterocycles. The van der Waals surface area contributed by atoms with Gasteiger partial charge < -0.3 is 9.64 Å². The third kappa shape index (κ3) is 4.81. The zero-order valence-corrected chi connectivity index (χ0v) is 15.6. The zero-order chi connectivity index (χ0) is 16.3. The van der Waals surface area contributed by atoms with Gasteiger partial charge in [-0.2, -0.15) is 0 Å². The van der Waals surface area contributed by atoms with Gasteiger partial charge in [0.25, 0.3) is 0 Å². The molecule has 0 aliphatic carbocycles. The number of benzene rings is 1. The number of carbonyl (C=O) groups excluding carboxylic acids is 1. The van der Waals surface area contributed by atoms with Crippen molar-refractivity contribution in [2.45, 2.75) is 49.4 Å². The maximum Gasteiger partial charge on any atom is 0.410 e. The van der Waals surface area contributed by atoms with Crippen LogP contribution in [0.2, 0.25) is 0 Å². The Bertz CT molecular complexity index is 546. The summed E-state index contributed by atoms with van der Waals surface area (Å²) in [5.41, 5.74) is -0.478. The van der Waals surface area contributed by atoms with Crippen LogP contribution in [0.3, 0.4) is 0 Å². The summed E-state index contributed by atoms with van der Waals surface area (Å²) in [5, 5.41) is 0.0971. The predicted octanol–water partition coefficient (Wildman–Crippen LogP) is 3.96. The maximum atomic E-state index is 12.6. The third-order valence-corrected chi connectivity index (χ3v) is 5.78. The molecule has 22 heavy (non-hydrogen) atoms. The van der Waals surface area contributed by atoms with Crippen LogP contribution in [0, 0.1) is 0 Å². The number of likely N-dealkylation sites (tertiary alicyclic amines) is 1. The monoisotopic (exact) mass is 387 g/mol. The summed E-state index contributed by atoms with van der Waals surface area (Å²) in [4.78, 5) is 14.6. The highest BCUT2D eigenvalue weighted by Gasteiger charge is 2.29. The SMILES string of the molecule is CC(C)(C)OC(=O)N1CCC([S@@](=O)c2ccc(Br)cc2)CC1. The Labute approximate surface area is 142 Å². The van der Waals surface area contributed by atoms with Gasteiger partial charge in [-0.25, -0.2) is 4.79 Å². The van der Waals surface area contributed by atoms with Crippen LogP contribution in [0.15, 0.2) is 33.6 Å². The highest BCUT2D eigenvalue weighted by Crippen LogP contribution is 2.23. The Morgan fingerprint density at radius 1 is 1.23 bits per heavy atom. The largest absolute Gasteiger partial charge is 0.444 e. The standard InChI is InChI=1S/C16H22BrNO3S/c1-16(2,3)21-15(19)18-10-8-14(9-11-18)22(20)13-6-4-12(17)5-7-13/h4-7,14H,8-11H2,1-3H3/t22-/m0/s1. The average molecular weight is 388 g/mol. The summed E-state index contributed by atoms with van der Waals surface area (Å²) in [6, 6.07) is 7.59. The molecule has 0 bridgehead atoms. The van der Waals surface area contributed by atoms with E-state index in [4.69, 9.17) is 4.74 Å². The van der Waals surface area contributed by atoms with E-state index in [9.17, 15) is 9.00 Å². The van der Waals surface area contributed by atoms with Gasteiger partial charge in [0.2, 0.25) is 0 Å². The third-order valence-electron chi connectivity index (χ3n) is 3.44. The van der Waals surface area contributed by atoms with Gasteiger partial charge in [-0.05, 0) is 57.9 Å². The van der Waals surface area contributed by atoms with E-state index in [2.05, 4.69) is 15.9 Å². The Balaban J connectivity index is 1.90. The van der Waals surface area contributed by atoms with Crippen LogP contribution in [0.4, 0.5) is 4.79 Å². The first kappa shape index (κ1) is 17.5. The quantitative estimate of drug-likeness (QED) is 0.771. The second kappa shape index (κ2) is 7.13. The summed E-state index contributed by atoms with van der Waals surface area (Å²) in [6.07, 6.45) is 1.20. The fraction of sp³-hybridized carbons (Fsp3) is 0.562. The normalized spacial score (nSPS) is 18.1. The van der Waals surface area contributed by atoms with E-state index in [1.54, 1.807) is 4.90 Å². The lowest BCUT2D eigenvalue weighted by Gasteiger charge is -2.33. The number of piperidine rings is 1. The number of hydrogen-bond acceptors (Lipinski definition) is 3. The first-order chi connectivity index (χ1) is 10.3. The average Bonchev–Trinajstić information content (AvgIpc) is 2.46. The molecule has 1 aliphatic heterocycles. The number of carbonyl (C=O) groups is 1. The fourth-order valence-corrected chi connectivity index (χ4v) is 4.03. The van der Waals surface area contributed by atoms with Crippen LogP contribution in [0.25, 0.3) is 0 Å². The van der Waals surface area contributed by atoms with Crippen molar-refractivity contribution >= 4 is 32.8 Å². The molecule has 0 spiro atoms. The van der Waals surface area contributed by atoms with Crippen molar-refractivity contribution in [1.29, 1.82) is 0 Å². The number of halogens is 1. The minimum atomic E-state index is -1.02.